The van der Waals surface area contributed by atoms with E-state index < -0.39 is 0 Å². The molecule has 1 amide bonds. The van der Waals surface area contributed by atoms with Crippen LogP contribution in [-0.2, 0) is 11.3 Å². The van der Waals surface area contributed by atoms with Crippen LogP contribution in [0.4, 0.5) is 0 Å². The normalized spacial score (nSPS) is 16.8. The number of carbonyl (C=O) groups excluding carboxylic acids is 1. The Morgan fingerprint density at radius 2 is 1.91 bits per heavy atom. The molecule has 0 radical (unpaired) electrons. The molecule has 0 atom stereocenters. The van der Waals surface area contributed by atoms with Crippen molar-refractivity contribution in [3.05, 3.63) is 62.2 Å². The molecular weight excluding hydrogens is 330 g/mol. The van der Waals surface area contributed by atoms with E-state index in [0.717, 1.165) is 10.4 Å². The van der Waals surface area contributed by atoms with Crippen LogP contribution in [-0.4, -0.2) is 15.1 Å². The summed E-state index contributed by atoms with van der Waals surface area (Å²) < 4.78 is 0.631. The van der Waals surface area contributed by atoms with E-state index in [2.05, 4.69) is 32.0 Å². The highest BCUT2D eigenvalue weighted by Gasteiger charge is 2.32. The van der Waals surface area contributed by atoms with Crippen LogP contribution in [0, 0.1) is 13.8 Å². The first kappa shape index (κ1) is 15.5. The minimum absolute atomic E-state index is 0.00313. The highest BCUT2D eigenvalue weighted by atomic mass is 32.2. The van der Waals surface area contributed by atoms with Gasteiger partial charge in [-0.1, -0.05) is 53.8 Å². The standard InChI is InChI=1S/C17H15NOS3/c1-11-3-5-13(6-4-11)10-18-16(19)15(22-17(18)20)9-14-12(2)7-8-21-14/h3-9H,10H2,1-2H3/b15-9-. The van der Waals surface area contributed by atoms with Gasteiger partial charge in [-0.2, -0.15) is 0 Å². The molecule has 2 nitrogen and oxygen atoms in total. The number of benzene rings is 1. The van der Waals surface area contributed by atoms with Crippen LogP contribution in [0.5, 0.6) is 0 Å². The van der Waals surface area contributed by atoms with Gasteiger partial charge in [0.25, 0.3) is 5.91 Å². The lowest BCUT2D eigenvalue weighted by molar-refractivity contribution is -0.122. The minimum atomic E-state index is 0.00313. The average Bonchev–Trinajstić information content (AvgIpc) is 3.00. The zero-order chi connectivity index (χ0) is 15.7. The lowest BCUT2D eigenvalue weighted by Gasteiger charge is -2.14. The molecular formula is C17H15NOS3. The molecule has 1 saturated heterocycles. The molecule has 1 fully saturated rings. The molecule has 0 bridgehead atoms. The van der Waals surface area contributed by atoms with E-state index in [9.17, 15) is 4.79 Å². The van der Waals surface area contributed by atoms with Gasteiger partial charge in [0.2, 0.25) is 0 Å². The van der Waals surface area contributed by atoms with Gasteiger partial charge in [0.15, 0.2) is 0 Å². The van der Waals surface area contributed by atoms with Crippen LogP contribution in [0.15, 0.2) is 40.6 Å². The van der Waals surface area contributed by atoms with Gasteiger partial charge in [-0.3, -0.25) is 9.69 Å². The predicted molar refractivity (Wildman–Crippen MR) is 99.0 cm³/mol. The van der Waals surface area contributed by atoms with Crippen molar-refractivity contribution in [1.29, 1.82) is 0 Å². The third kappa shape index (κ3) is 3.16. The Hall–Kier alpha value is -1.43. The van der Waals surface area contributed by atoms with E-state index >= 15 is 0 Å². The molecule has 0 unspecified atom stereocenters. The Bertz CT molecular complexity index is 758. The number of amides is 1. The summed E-state index contributed by atoms with van der Waals surface area (Å²) in [4.78, 5) is 16.1. The van der Waals surface area contributed by atoms with E-state index in [4.69, 9.17) is 12.2 Å². The zero-order valence-corrected chi connectivity index (χ0v) is 14.8. The predicted octanol–water partition coefficient (Wildman–Crippen LogP) is 4.77. The number of rotatable bonds is 3. The third-order valence-electron chi connectivity index (χ3n) is 3.50. The first-order chi connectivity index (χ1) is 10.5. The van der Waals surface area contributed by atoms with Crippen LogP contribution in [0.25, 0.3) is 6.08 Å². The van der Waals surface area contributed by atoms with E-state index in [1.54, 1.807) is 16.2 Å². The minimum Gasteiger partial charge on any atom is -0.288 e. The maximum Gasteiger partial charge on any atom is 0.266 e. The van der Waals surface area contributed by atoms with Gasteiger partial charge >= 0.3 is 0 Å². The molecule has 0 aliphatic carbocycles. The fourth-order valence-electron chi connectivity index (χ4n) is 2.16. The second-order valence-corrected chi connectivity index (χ2v) is 7.84. The smallest absolute Gasteiger partial charge is 0.266 e. The van der Waals surface area contributed by atoms with Gasteiger partial charge in [0, 0.05) is 4.88 Å². The topological polar surface area (TPSA) is 20.3 Å². The van der Waals surface area contributed by atoms with Crippen LogP contribution < -0.4 is 0 Å². The average molecular weight is 346 g/mol. The molecule has 0 N–H and O–H groups in total. The number of nitrogens with zero attached hydrogens (tertiary/aromatic N) is 1. The zero-order valence-electron chi connectivity index (χ0n) is 12.3. The maximum absolute atomic E-state index is 12.6. The fraction of sp³-hybridized carbons (Fsp3) is 0.176. The summed E-state index contributed by atoms with van der Waals surface area (Å²) in [6.45, 7) is 4.64. The van der Waals surface area contributed by atoms with Crippen molar-refractivity contribution in [3.63, 3.8) is 0 Å². The van der Waals surface area contributed by atoms with Gasteiger partial charge in [0.1, 0.15) is 4.32 Å². The first-order valence-electron chi connectivity index (χ1n) is 6.89. The van der Waals surface area contributed by atoms with Gasteiger partial charge in [0.05, 0.1) is 11.4 Å². The van der Waals surface area contributed by atoms with Crippen LogP contribution >= 0.6 is 35.3 Å². The van der Waals surface area contributed by atoms with E-state index in [1.165, 1.54) is 22.9 Å². The van der Waals surface area contributed by atoms with Crippen molar-refractivity contribution < 1.29 is 4.79 Å². The number of hydrogen-bond acceptors (Lipinski definition) is 4. The molecule has 1 aromatic heterocycles. The molecule has 5 heteroatoms. The number of hydrogen-bond donors (Lipinski definition) is 0. The summed E-state index contributed by atoms with van der Waals surface area (Å²) in [5.74, 6) is 0.00313. The van der Waals surface area contributed by atoms with Gasteiger partial charge in [-0.15, -0.1) is 11.3 Å². The van der Waals surface area contributed by atoms with Crippen LogP contribution in [0.3, 0.4) is 0 Å². The van der Waals surface area contributed by atoms with Gasteiger partial charge in [-0.05, 0) is 42.5 Å². The SMILES string of the molecule is Cc1ccc(CN2C(=O)/C(=C/c3sccc3C)SC2=S)cc1. The molecule has 1 aliphatic heterocycles. The molecule has 0 saturated carbocycles. The molecule has 112 valence electrons. The first-order valence-corrected chi connectivity index (χ1v) is 9.00. The summed E-state index contributed by atoms with van der Waals surface area (Å²) in [6.07, 6.45) is 1.95. The highest BCUT2D eigenvalue weighted by molar-refractivity contribution is 8.26. The Labute approximate surface area is 143 Å². The van der Waals surface area contributed by atoms with E-state index in [0.29, 0.717) is 15.8 Å². The maximum atomic E-state index is 12.6. The number of thiocarbonyl (C=S) groups is 1. The highest BCUT2D eigenvalue weighted by Crippen LogP contribution is 2.34. The van der Waals surface area contributed by atoms with Crippen molar-refractivity contribution in [2.75, 3.05) is 0 Å². The summed E-state index contributed by atoms with van der Waals surface area (Å²) >= 11 is 8.41. The Balaban J connectivity index is 1.81. The van der Waals surface area contributed by atoms with Gasteiger partial charge in [-0.25, -0.2) is 0 Å². The third-order valence-corrected chi connectivity index (χ3v) is 5.84. The summed E-state index contributed by atoms with van der Waals surface area (Å²) in [6, 6.07) is 10.3. The largest absolute Gasteiger partial charge is 0.288 e. The van der Waals surface area contributed by atoms with Crippen molar-refractivity contribution in [2.24, 2.45) is 0 Å². The molecule has 0 spiro atoms. The molecule has 1 aliphatic rings. The monoisotopic (exact) mass is 345 g/mol. The number of carbonyl (C=O) groups is 1. The lowest BCUT2D eigenvalue weighted by Crippen LogP contribution is -2.27. The molecule has 2 heterocycles. The van der Waals surface area contributed by atoms with Crippen molar-refractivity contribution in [2.45, 2.75) is 20.4 Å². The molecule has 3 rings (SSSR count). The Morgan fingerprint density at radius 1 is 1.18 bits per heavy atom. The van der Waals surface area contributed by atoms with E-state index in [1.807, 2.05) is 23.6 Å². The summed E-state index contributed by atoms with van der Waals surface area (Å²) in [5, 5.41) is 2.04. The Morgan fingerprint density at radius 3 is 2.55 bits per heavy atom. The molecule has 2 aromatic rings. The molecule has 22 heavy (non-hydrogen) atoms. The fourth-order valence-corrected chi connectivity index (χ4v) is 4.33. The number of thiophene rings is 1. The Kier molecular flexibility index (Phi) is 4.47. The number of aryl methyl sites for hydroxylation is 2. The summed E-state index contributed by atoms with van der Waals surface area (Å²) in [7, 11) is 0. The van der Waals surface area contributed by atoms with Crippen molar-refractivity contribution in [1.82, 2.24) is 4.90 Å². The van der Waals surface area contributed by atoms with Gasteiger partial charge < -0.3 is 0 Å². The van der Waals surface area contributed by atoms with Crippen LogP contribution in [0.1, 0.15) is 21.6 Å². The second-order valence-electron chi connectivity index (χ2n) is 5.22. The lowest BCUT2D eigenvalue weighted by atomic mass is 10.1. The summed E-state index contributed by atoms with van der Waals surface area (Å²) in [5.41, 5.74) is 3.49. The van der Waals surface area contributed by atoms with Crippen molar-refractivity contribution in [3.8, 4) is 0 Å². The quantitative estimate of drug-likeness (QED) is 0.590. The number of thioether (sulfide) groups is 1. The molecule has 1 aromatic carbocycles. The van der Waals surface area contributed by atoms with E-state index in [-0.39, 0.29) is 5.91 Å². The van der Waals surface area contributed by atoms with Crippen LogP contribution in [0.2, 0.25) is 0 Å². The van der Waals surface area contributed by atoms with Crippen molar-refractivity contribution >= 4 is 51.6 Å². The second kappa shape index (κ2) is 6.36.